The fourth-order valence-electron chi connectivity index (χ4n) is 1.97. The predicted molar refractivity (Wildman–Crippen MR) is 50.2 cm³/mol. The van der Waals surface area contributed by atoms with E-state index in [1.165, 1.54) is 0 Å². The van der Waals surface area contributed by atoms with Crippen LogP contribution in [-0.2, 0) is 4.79 Å². The molecule has 2 atom stereocenters. The van der Waals surface area contributed by atoms with Crippen molar-refractivity contribution in [2.75, 3.05) is 0 Å². The highest BCUT2D eigenvalue weighted by Crippen LogP contribution is 2.25. The van der Waals surface area contributed by atoms with E-state index >= 15 is 0 Å². The highest BCUT2D eigenvalue weighted by atomic mass is 19.4. The summed E-state index contributed by atoms with van der Waals surface area (Å²) < 4.78 is 35.7. The Balaban J connectivity index is 2.36. The molecule has 2 nitrogen and oxygen atoms in total. The van der Waals surface area contributed by atoms with Crippen molar-refractivity contribution in [2.24, 2.45) is 5.92 Å². The number of carbonyl (C=O) groups is 1. The second-order valence-corrected chi connectivity index (χ2v) is 4.23. The molecule has 1 aliphatic carbocycles. The lowest BCUT2D eigenvalue weighted by Crippen LogP contribution is -2.42. The van der Waals surface area contributed by atoms with Gasteiger partial charge in [0.15, 0.2) is 0 Å². The molecule has 0 unspecified atom stereocenters. The zero-order valence-corrected chi connectivity index (χ0v) is 8.73. The van der Waals surface area contributed by atoms with E-state index in [9.17, 15) is 18.0 Å². The van der Waals surface area contributed by atoms with Crippen LogP contribution in [0.1, 0.15) is 39.0 Å². The molecule has 1 rings (SSSR count). The number of nitrogens with one attached hydrogen (secondary N) is 1. The third-order valence-corrected chi connectivity index (χ3v) is 2.82. The number of hydrogen-bond donors (Lipinski definition) is 1. The maximum absolute atomic E-state index is 11.9. The quantitative estimate of drug-likeness (QED) is 0.766. The molecule has 0 spiro atoms. The standard InChI is InChI=1S/C10H16F3NO/c1-7-4-2-3-5-8(7)14-9(15)6-10(11,12)13/h7-8H,2-6H2,1H3,(H,14,15)/t7-,8-/m0/s1. The van der Waals surface area contributed by atoms with Crippen LogP contribution in [0, 0.1) is 5.92 Å². The number of hydrogen-bond acceptors (Lipinski definition) is 1. The van der Waals surface area contributed by atoms with Crippen LogP contribution < -0.4 is 5.32 Å². The fourth-order valence-corrected chi connectivity index (χ4v) is 1.97. The Morgan fingerprint density at radius 1 is 1.33 bits per heavy atom. The first-order chi connectivity index (χ1) is 6.88. The van der Waals surface area contributed by atoms with Gasteiger partial charge in [-0.3, -0.25) is 4.79 Å². The average molecular weight is 223 g/mol. The summed E-state index contributed by atoms with van der Waals surface area (Å²) in [6, 6.07) is -0.0754. The van der Waals surface area contributed by atoms with Gasteiger partial charge in [-0.05, 0) is 18.8 Å². The van der Waals surface area contributed by atoms with Gasteiger partial charge in [-0.15, -0.1) is 0 Å². The Bertz CT molecular complexity index is 227. The van der Waals surface area contributed by atoms with Gasteiger partial charge < -0.3 is 5.32 Å². The minimum atomic E-state index is -4.40. The normalized spacial score (nSPS) is 27.5. The third kappa shape index (κ3) is 4.53. The Hall–Kier alpha value is -0.740. The minimum Gasteiger partial charge on any atom is -0.353 e. The molecule has 0 radical (unpaired) electrons. The third-order valence-electron chi connectivity index (χ3n) is 2.82. The summed E-state index contributed by atoms with van der Waals surface area (Å²) in [5.41, 5.74) is 0. The molecule has 5 heteroatoms. The van der Waals surface area contributed by atoms with Crippen molar-refractivity contribution >= 4 is 5.91 Å². The maximum Gasteiger partial charge on any atom is 0.397 e. The number of halogens is 3. The first-order valence-corrected chi connectivity index (χ1v) is 5.24. The lowest BCUT2D eigenvalue weighted by molar-refractivity contribution is -0.154. The van der Waals surface area contributed by atoms with Crippen molar-refractivity contribution in [3.05, 3.63) is 0 Å². The van der Waals surface area contributed by atoms with Crippen LogP contribution >= 0.6 is 0 Å². The zero-order chi connectivity index (χ0) is 11.5. The lowest BCUT2D eigenvalue weighted by atomic mass is 9.86. The summed E-state index contributed by atoms with van der Waals surface area (Å²) in [5.74, 6) is -0.614. The smallest absolute Gasteiger partial charge is 0.353 e. The molecule has 0 aromatic heterocycles. The molecule has 15 heavy (non-hydrogen) atoms. The summed E-state index contributed by atoms with van der Waals surface area (Å²) in [7, 11) is 0. The summed E-state index contributed by atoms with van der Waals surface area (Å²) >= 11 is 0. The second kappa shape index (κ2) is 4.86. The van der Waals surface area contributed by atoms with E-state index in [0.29, 0.717) is 0 Å². The molecular weight excluding hydrogens is 207 g/mol. The molecule has 88 valence electrons. The molecule has 0 saturated heterocycles. The average Bonchev–Trinajstić information content (AvgIpc) is 2.05. The summed E-state index contributed by atoms with van der Waals surface area (Å²) in [5, 5.41) is 2.47. The van der Waals surface area contributed by atoms with Crippen molar-refractivity contribution in [3.63, 3.8) is 0 Å². The second-order valence-electron chi connectivity index (χ2n) is 4.23. The molecule has 1 saturated carbocycles. The molecule has 0 aromatic carbocycles. The van der Waals surface area contributed by atoms with Crippen LogP contribution in [0.4, 0.5) is 13.2 Å². The predicted octanol–water partition coefficient (Wildman–Crippen LogP) is 2.63. The molecule has 1 fully saturated rings. The molecule has 0 heterocycles. The molecular formula is C10H16F3NO. The first-order valence-electron chi connectivity index (χ1n) is 5.24. The van der Waals surface area contributed by atoms with E-state index in [2.05, 4.69) is 5.32 Å². The van der Waals surface area contributed by atoms with Crippen molar-refractivity contribution in [3.8, 4) is 0 Å². The van der Waals surface area contributed by atoms with E-state index < -0.39 is 18.5 Å². The van der Waals surface area contributed by atoms with E-state index in [-0.39, 0.29) is 12.0 Å². The monoisotopic (exact) mass is 223 g/mol. The van der Waals surface area contributed by atoms with Gasteiger partial charge >= 0.3 is 6.18 Å². The van der Waals surface area contributed by atoms with Crippen LogP contribution in [0.5, 0.6) is 0 Å². The van der Waals surface area contributed by atoms with Crippen molar-refractivity contribution in [1.29, 1.82) is 0 Å². The molecule has 1 amide bonds. The van der Waals surface area contributed by atoms with Gasteiger partial charge in [0.05, 0.1) is 0 Å². The van der Waals surface area contributed by atoms with Crippen LogP contribution in [-0.4, -0.2) is 18.1 Å². The molecule has 0 aliphatic heterocycles. The Morgan fingerprint density at radius 2 is 1.93 bits per heavy atom. The highest BCUT2D eigenvalue weighted by Gasteiger charge is 2.33. The largest absolute Gasteiger partial charge is 0.397 e. The van der Waals surface area contributed by atoms with E-state index in [4.69, 9.17) is 0 Å². The van der Waals surface area contributed by atoms with Crippen LogP contribution in [0.15, 0.2) is 0 Å². The minimum absolute atomic E-state index is 0.0754. The lowest BCUT2D eigenvalue weighted by Gasteiger charge is -2.29. The van der Waals surface area contributed by atoms with Gasteiger partial charge in [0.1, 0.15) is 6.42 Å². The topological polar surface area (TPSA) is 29.1 Å². The Morgan fingerprint density at radius 3 is 2.47 bits per heavy atom. The van der Waals surface area contributed by atoms with Crippen molar-refractivity contribution < 1.29 is 18.0 Å². The first kappa shape index (κ1) is 12.3. The van der Waals surface area contributed by atoms with Gasteiger partial charge in [0.25, 0.3) is 0 Å². The van der Waals surface area contributed by atoms with Crippen molar-refractivity contribution in [1.82, 2.24) is 5.32 Å². The summed E-state index contributed by atoms with van der Waals surface area (Å²) in [4.78, 5) is 11.0. The molecule has 1 N–H and O–H groups in total. The molecule has 0 bridgehead atoms. The Labute approximate surface area is 87.2 Å². The van der Waals surface area contributed by atoms with Gasteiger partial charge in [0, 0.05) is 6.04 Å². The summed E-state index contributed by atoms with van der Waals surface area (Å²) in [6.45, 7) is 1.97. The number of carbonyl (C=O) groups excluding carboxylic acids is 1. The Kier molecular flexibility index (Phi) is 3.99. The maximum atomic E-state index is 11.9. The fraction of sp³-hybridized carbons (Fsp3) is 0.900. The van der Waals surface area contributed by atoms with Crippen LogP contribution in [0.3, 0.4) is 0 Å². The van der Waals surface area contributed by atoms with E-state index in [0.717, 1.165) is 25.7 Å². The number of rotatable bonds is 2. The molecule has 0 aromatic rings. The molecule has 1 aliphatic rings. The van der Waals surface area contributed by atoms with Gasteiger partial charge in [-0.25, -0.2) is 0 Å². The SMILES string of the molecule is C[C@H]1CCCC[C@@H]1NC(=O)CC(F)(F)F. The van der Waals surface area contributed by atoms with Gasteiger partial charge in [-0.1, -0.05) is 19.8 Å². The van der Waals surface area contributed by atoms with E-state index in [1.807, 2.05) is 6.92 Å². The number of alkyl halides is 3. The van der Waals surface area contributed by atoms with Crippen LogP contribution in [0.2, 0.25) is 0 Å². The summed E-state index contributed by atoms with van der Waals surface area (Å²) in [6.07, 6.45) is -1.89. The van der Waals surface area contributed by atoms with Crippen LogP contribution in [0.25, 0.3) is 0 Å². The zero-order valence-electron chi connectivity index (χ0n) is 8.73. The van der Waals surface area contributed by atoms with E-state index in [1.54, 1.807) is 0 Å². The highest BCUT2D eigenvalue weighted by molar-refractivity contribution is 5.76. The van der Waals surface area contributed by atoms with Crippen molar-refractivity contribution in [2.45, 2.75) is 51.2 Å². The van der Waals surface area contributed by atoms with Gasteiger partial charge in [0.2, 0.25) is 5.91 Å². The number of amides is 1. The van der Waals surface area contributed by atoms with Gasteiger partial charge in [-0.2, -0.15) is 13.2 Å².